The van der Waals surface area contributed by atoms with Gasteiger partial charge in [0.1, 0.15) is 11.2 Å². The summed E-state index contributed by atoms with van der Waals surface area (Å²) in [6.07, 6.45) is 0. The molecule has 0 radical (unpaired) electrons. The molecule has 0 fully saturated rings. The second-order valence-corrected chi connectivity index (χ2v) is 18.7. The number of fused-ring (bicyclic) bond motifs is 11. The molecule has 0 N–H and O–H groups in total. The number of rotatable bonds is 6. The van der Waals surface area contributed by atoms with E-state index in [4.69, 9.17) is 4.42 Å². The van der Waals surface area contributed by atoms with Gasteiger partial charge in [0, 0.05) is 64.8 Å². The zero-order valence-corrected chi connectivity index (χ0v) is 36.3. The third kappa shape index (κ3) is 5.64. The summed E-state index contributed by atoms with van der Waals surface area (Å²) in [4.78, 5) is 2.42. The highest BCUT2D eigenvalue weighted by molar-refractivity contribution is 7.26. The Balaban J connectivity index is 1.04. The third-order valence-electron chi connectivity index (χ3n) is 13.7. The van der Waals surface area contributed by atoms with E-state index < -0.39 is 0 Å². The monoisotopic (exact) mass is 835 g/mol. The first-order valence-electron chi connectivity index (χ1n) is 22.1. The summed E-state index contributed by atoms with van der Waals surface area (Å²) in [6, 6.07) is 77.9. The molecule has 1 aliphatic carbocycles. The van der Waals surface area contributed by atoms with Crippen LogP contribution >= 0.6 is 11.3 Å². The van der Waals surface area contributed by atoms with E-state index >= 15 is 0 Å². The van der Waals surface area contributed by atoms with Crippen LogP contribution in [0.25, 0.3) is 97.4 Å². The number of thiophene rings is 1. The summed E-state index contributed by atoms with van der Waals surface area (Å²) < 4.78 is 9.59. The molecule has 0 saturated heterocycles. The Kier molecular flexibility index (Phi) is 8.16. The second-order valence-electron chi connectivity index (χ2n) is 17.6. The quantitative estimate of drug-likeness (QED) is 0.166. The van der Waals surface area contributed by atoms with E-state index in [-0.39, 0.29) is 5.41 Å². The van der Waals surface area contributed by atoms with Gasteiger partial charge in [0.2, 0.25) is 0 Å². The predicted octanol–water partition coefficient (Wildman–Crippen LogP) is 17.9. The van der Waals surface area contributed by atoms with E-state index in [2.05, 4.69) is 231 Å². The van der Waals surface area contributed by atoms with Crippen molar-refractivity contribution < 1.29 is 4.42 Å². The van der Waals surface area contributed by atoms with Crippen molar-refractivity contribution in [1.82, 2.24) is 0 Å². The Labute approximate surface area is 375 Å². The predicted molar refractivity (Wildman–Crippen MR) is 273 cm³/mol. The first-order valence-corrected chi connectivity index (χ1v) is 22.9. The van der Waals surface area contributed by atoms with Gasteiger partial charge >= 0.3 is 0 Å². The minimum absolute atomic E-state index is 0.145. The van der Waals surface area contributed by atoms with Crippen LogP contribution in [0.1, 0.15) is 25.0 Å². The molecule has 0 spiro atoms. The first-order chi connectivity index (χ1) is 31.5. The van der Waals surface area contributed by atoms with Gasteiger partial charge in [-0.2, -0.15) is 0 Å². The molecular formula is C61H41NOS. The van der Waals surface area contributed by atoms with E-state index in [1.807, 2.05) is 11.3 Å². The largest absolute Gasteiger partial charge is 0.455 e. The van der Waals surface area contributed by atoms with Crippen LogP contribution in [-0.4, -0.2) is 0 Å². The fraction of sp³-hybridized carbons (Fsp3) is 0.0492. The lowest BCUT2D eigenvalue weighted by Gasteiger charge is -2.29. The highest BCUT2D eigenvalue weighted by Gasteiger charge is 2.35. The summed E-state index contributed by atoms with van der Waals surface area (Å²) in [5.74, 6) is 0. The number of nitrogens with zero attached hydrogens (tertiary/aromatic N) is 1. The number of anilines is 3. The number of furan rings is 1. The molecule has 12 aromatic rings. The number of hydrogen-bond donors (Lipinski definition) is 0. The normalized spacial score (nSPS) is 13.0. The highest BCUT2D eigenvalue weighted by atomic mass is 32.1. The van der Waals surface area contributed by atoms with Crippen LogP contribution in [0, 0.1) is 0 Å². The molecule has 64 heavy (non-hydrogen) atoms. The molecule has 302 valence electrons. The Bertz CT molecular complexity index is 3800. The van der Waals surface area contributed by atoms with Gasteiger partial charge in [-0.05, 0) is 104 Å². The summed E-state index contributed by atoms with van der Waals surface area (Å²) in [6.45, 7) is 4.73. The maximum absolute atomic E-state index is 6.96. The molecule has 2 heterocycles. The zero-order valence-electron chi connectivity index (χ0n) is 35.5. The van der Waals surface area contributed by atoms with Crippen molar-refractivity contribution >= 4 is 81.3 Å². The molecule has 0 unspecified atom stereocenters. The molecule has 0 amide bonds. The lowest BCUT2D eigenvalue weighted by atomic mass is 9.81. The molecule has 1 aliphatic rings. The van der Waals surface area contributed by atoms with Crippen LogP contribution in [0.3, 0.4) is 0 Å². The van der Waals surface area contributed by atoms with Crippen LogP contribution in [0.15, 0.2) is 217 Å². The average molecular weight is 836 g/mol. The van der Waals surface area contributed by atoms with Gasteiger partial charge in [-0.15, -0.1) is 11.3 Å². The van der Waals surface area contributed by atoms with Crippen LogP contribution in [0.5, 0.6) is 0 Å². The van der Waals surface area contributed by atoms with Gasteiger partial charge in [-0.25, -0.2) is 0 Å². The standard InChI is InChI=1S/C61H41NOS/c1-61(2)54-21-10-8-17-47(54)48-33-28-42(35-55(48)61)52-36-53-50-34-27-40-15-6-7-16-45(40)59(50)63-57(53)37-56(52)62(43-29-23-39(24-30-43)38-13-4-3-5-14-38)44-31-25-41(26-32-44)46-19-12-20-51-49-18-9-11-22-58(49)64-60(46)51/h3-37H,1-2H3. The van der Waals surface area contributed by atoms with E-state index in [9.17, 15) is 0 Å². The fourth-order valence-corrected chi connectivity index (χ4v) is 11.7. The SMILES string of the molecule is CC1(C)c2ccccc2-c2ccc(-c3cc4c(cc3N(c3ccc(-c5ccccc5)cc3)c3ccc(-c5cccc6c5sc5ccccc56)cc3)oc3c5ccccc5ccc43)cc21. The molecular weight excluding hydrogens is 795 g/mol. The topological polar surface area (TPSA) is 16.4 Å². The van der Waals surface area contributed by atoms with Gasteiger partial charge in [-0.1, -0.05) is 172 Å². The molecule has 0 bridgehead atoms. The van der Waals surface area contributed by atoms with E-state index in [1.165, 1.54) is 75.6 Å². The molecule has 0 aliphatic heterocycles. The van der Waals surface area contributed by atoms with Gasteiger partial charge in [-0.3, -0.25) is 0 Å². The van der Waals surface area contributed by atoms with Crippen molar-refractivity contribution in [1.29, 1.82) is 0 Å². The van der Waals surface area contributed by atoms with Crippen molar-refractivity contribution in [3.05, 3.63) is 223 Å². The maximum Gasteiger partial charge on any atom is 0.143 e. The van der Waals surface area contributed by atoms with E-state index in [1.54, 1.807) is 0 Å². The maximum atomic E-state index is 6.96. The molecule has 3 heteroatoms. The smallest absolute Gasteiger partial charge is 0.143 e. The highest BCUT2D eigenvalue weighted by Crippen LogP contribution is 2.52. The first kappa shape index (κ1) is 36.9. The third-order valence-corrected chi connectivity index (χ3v) is 14.9. The van der Waals surface area contributed by atoms with E-state index in [0.717, 1.165) is 50.0 Å². The fourth-order valence-electron chi connectivity index (χ4n) is 10.5. The molecule has 10 aromatic carbocycles. The Hall–Kier alpha value is -7.72. The summed E-state index contributed by atoms with van der Waals surface area (Å²) in [7, 11) is 0. The van der Waals surface area contributed by atoms with Crippen LogP contribution in [-0.2, 0) is 5.41 Å². The molecule has 0 saturated carbocycles. The van der Waals surface area contributed by atoms with Crippen LogP contribution in [0.2, 0.25) is 0 Å². The van der Waals surface area contributed by atoms with Gasteiger partial charge < -0.3 is 9.32 Å². The summed E-state index contributed by atoms with van der Waals surface area (Å²) in [5, 5.41) is 7.13. The zero-order chi connectivity index (χ0) is 42.5. The number of hydrogen-bond acceptors (Lipinski definition) is 3. The van der Waals surface area contributed by atoms with Gasteiger partial charge in [0.25, 0.3) is 0 Å². The molecule has 2 aromatic heterocycles. The van der Waals surface area contributed by atoms with Gasteiger partial charge in [0.15, 0.2) is 0 Å². The second kappa shape index (κ2) is 14.2. The Morgan fingerprint density at radius 1 is 0.406 bits per heavy atom. The minimum Gasteiger partial charge on any atom is -0.455 e. The molecule has 2 nitrogen and oxygen atoms in total. The van der Waals surface area contributed by atoms with Crippen LogP contribution in [0.4, 0.5) is 17.1 Å². The molecule has 13 rings (SSSR count). The van der Waals surface area contributed by atoms with Crippen molar-refractivity contribution in [3.63, 3.8) is 0 Å². The Morgan fingerprint density at radius 3 is 1.88 bits per heavy atom. The van der Waals surface area contributed by atoms with Gasteiger partial charge in [0.05, 0.1) is 5.69 Å². The van der Waals surface area contributed by atoms with Crippen LogP contribution < -0.4 is 4.90 Å². The molecule has 0 atom stereocenters. The van der Waals surface area contributed by atoms with Crippen molar-refractivity contribution in [2.45, 2.75) is 19.3 Å². The lowest BCUT2D eigenvalue weighted by molar-refractivity contribution is 0.660. The minimum atomic E-state index is -0.145. The van der Waals surface area contributed by atoms with Crippen molar-refractivity contribution in [2.24, 2.45) is 0 Å². The summed E-state index contributed by atoms with van der Waals surface area (Å²) >= 11 is 1.87. The Morgan fingerprint density at radius 2 is 1.05 bits per heavy atom. The van der Waals surface area contributed by atoms with Crippen molar-refractivity contribution in [2.75, 3.05) is 4.90 Å². The number of benzene rings is 10. The summed E-state index contributed by atoms with van der Waals surface area (Å²) in [5.41, 5.74) is 17.3. The van der Waals surface area contributed by atoms with E-state index in [0.29, 0.717) is 0 Å². The van der Waals surface area contributed by atoms with Crippen molar-refractivity contribution in [3.8, 4) is 44.5 Å². The average Bonchev–Trinajstić information content (AvgIpc) is 3.99. The lowest BCUT2D eigenvalue weighted by Crippen LogP contribution is -2.15.